The van der Waals surface area contributed by atoms with Crippen molar-refractivity contribution in [3.63, 3.8) is 0 Å². The maximum atomic E-state index is 11.8. The molecule has 1 aliphatic rings. The lowest BCUT2D eigenvalue weighted by Crippen LogP contribution is -2.34. The average Bonchev–Trinajstić information content (AvgIpc) is 3.03. The zero-order valence-corrected chi connectivity index (χ0v) is 12.9. The number of nitrogens with zero attached hydrogens (tertiary/aromatic N) is 1. The molecule has 124 valence electrons. The predicted molar refractivity (Wildman–Crippen MR) is 80.4 cm³/mol. The molecule has 1 fully saturated rings. The van der Waals surface area contributed by atoms with Gasteiger partial charge in [-0.2, -0.15) is 0 Å². The van der Waals surface area contributed by atoms with Crippen LogP contribution in [0.5, 0.6) is 0 Å². The minimum absolute atomic E-state index is 0.00114. The van der Waals surface area contributed by atoms with Gasteiger partial charge in [-0.25, -0.2) is 4.79 Å². The summed E-state index contributed by atoms with van der Waals surface area (Å²) in [7, 11) is 0. The molecule has 9 heteroatoms. The Hall–Kier alpha value is -2.19. The lowest BCUT2D eigenvalue weighted by atomic mass is 10.2. The van der Waals surface area contributed by atoms with Crippen LogP contribution in [0, 0.1) is 10.1 Å². The first-order chi connectivity index (χ1) is 11.0. The summed E-state index contributed by atoms with van der Waals surface area (Å²) in [4.78, 5) is 33.4. The van der Waals surface area contributed by atoms with Gasteiger partial charge >= 0.3 is 5.97 Å². The van der Waals surface area contributed by atoms with Gasteiger partial charge in [0.2, 0.25) is 0 Å². The standard InChI is InChI=1S/C14H15ClN2O6/c15-12-6-9(17(20)21)3-4-11(12)14(19)23-8-13(18)16-7-10-2-1-5-22-10/h3-4,6,10H,1-2,5,7-8H2,(H,16,18)/t10-/m1/s1. The van der Waals surface area contributed by atoms with Crippen molar-refractivity contribution in [1.29, 1.82) is 0 Å². The largest absolute Gasteiger partial charge is 0.452 e. The Morgan fingerprint density at radius 3 is 2.87 bits per heavy atom. The second-order valence-corrected chi connectivity index (χ2v) is 5.34. The molecule has 0 aromatic heterocycles. The lowest BCUT2D eigenvalue weighted by Gasteiger charge is -2.11. The third-order valence-corrected chi connectivity index (χ3v) is 3.58. The highest BCUT2D eigenvalue weighted by Gasteiger charge is 2.19. The summed E-state index contributed by atoms with van der Waals surface area (Å²) in [5.41, 5.74) is -0.273. The van der Waals surface area contributed by atoms with Gasteiger partial charge in [-0.1, -0.05) is 11.6 Å². The van der Waals surface area contributed by atoms with E-state index in [2.05, 4.69) is 5.32 Å². The summed E-state index contributed by atoms with van der Waals surface area (Å²) in [5, 5.41) is 13.1. The number of hydrogen-bond donors (Lipinski definition) is 1. The summed E-state index contributed by atoms with van der Waals surface area (Å²) in [6, 6.07) is 3.38. The highest BCUT2D eigenvalue weighted by atomic mass is 35.5. The van der Waals surface area contributed by atoms with Crippen molar-refractivity contribution in [2.45, 2.75) is 18.9 Å². The summed E-state index contributed by atoms with van der Waals surface area (Å²) in [6.45, 7) is 0.599. The van der Waals surface area contributed by atoms with Gasteiger partial charge in [0.1, 0.15) is 0 Å². The van der Waals surface area contributed by atoms with Crippen molar-refractivity contribution in [2.75, 3.05) is 19.8 Å². The quantitative estimate of drug-likeness (QED) is 0.479. The predicted octanol–water partition coefficient (Wildman–Crippen LogP) is 1.70. The molecule has 1 amide bonds. The molecule has 0 unspecified atom stereocenters. The van der Waals surface area contributed by atoms with Gasteiger partial charge in [0.05, 0.1) is 21.6 Å². The van der Waals surface area contributed by atoms with Crippen molar-refractivity contribution < 1.29 is 24.0 Å². The Bertz CT molecular complexity index is 615. The number of ether oxygens (including phenoxy) is 2. The number of non-ortho nitro benzene ring substituents is 1. The van der Waals surface area contributed by atoms with E-state index in [0.29, 0.717) is 13.2 Å². The average molecular weight is 343 g/mol. The maximum Gasteiger partial charge on any atom is 0.340 e. The van der Waals surface area contributed by atoms with Crippen LogP contribution in [0.2, 0.25) is 5.02 Å². The van der Waals surface area contributed by atoms with E-state index in [4.69, 9.17) is 21.1 Å². The Balaban J connectivity index is 1.81. The topological polar surface area (TPSA) is 108 Å². The van der Waals surface area contributed by atoms with Crippen molar-refractivity contribution >= 4 is 29.2 Å². The Morgan fingerprint density at radius 1 is 1.48 bits per heavy atom. The van der Waals surface area contributed by atoms with E-state index in [-0.39, 0.29) is 22.4 Å². The van der Waals surface area contributed by atoms with E-state index in [1.807, 2.05) is 0 Å². The van der Waals surface area contributed by atoms with Crippen LogP contribution in [0.3, 0.4) is 0 Å². The second kappa shape index (κ2) is 7.89. The van der Waals surface area contributed by atoms with Crippen molar-refractivity contribution in [1.82, 2.24) is 5.32 Å². The van der Waals surface area contributed by atoms with Crippen molar-refractivity contribution in [3.05, 3.63) is 38.9 Å². The highest BCUT2D eigenvalue weighted by Crippen LogP contribution is 2.23. The van der Waals surface area contributed by atoms with Crippen molar-refractivity contribution in [2.24, 2.45) is 0 Å². The fourth-order valence-corrected chi connectivity index (χ4v) is 2.33. The Morgan fingerprint density at radius 2 is 2.26 bits per heavy atom. The van der Waals surface area contributed by atoms with E-state index in [0.717, 1.165) is 25.0 Å². The molecule has 0 saturated carbocycles. The highest BCUT2D eigenvalue weighted by molar-refractivity contribution is 6.33. The van der Waals surface area contributed by atoms with Gasteiger partial charge in [-0.3, -0.25) is 14.9 Å². The first-order valence-electron chi connectivity index (χ1n) is 6.96. The van der Waals surface area contributed by atoms with Crippen LogP contribution in [0.4, 0.5) is 5.69 Å². The summed E-state index contributed by atoms with van der Waals surface area (Å²) in [5.74, 6) is -1.27. The molecule has 1 saturated heterocycles. The third kappa shape index (κ3) is 4.90. The minimum atomic E-state index is -0.822. The van der Waals surface area contributed by atoms with E-state index in [1.165, 1.54) is 6.07 Å². The maximum absolute atomic E-state index is 11.8. The zero-order valence-electron chi connectivity index (χ0n) is 12.1. The smallest absolute Gasteiger partial charge is 0.340 e. The number of carbonyl (C=O) groups is 2. The molecule has 1 atom stereocenters. The molecule has 0 spiro atoms. The second-order valence-electron chi connectivity index (χ2n) is 4.94. The van der Waals surface area contributed by atoms with Crippen LogP contribution in [-0.4, -0.2) is 42.7 Å². The van der Waals surface area contributed by atoms with E-state index >= 15 is 0 Å². The van der Waals surface area contributed by atoms with Gasteiger partial charge in [0, 0.05) is 25.3 Å². The number of nitrogens with one attached hydrogen (secondary N) is 1. The van der Waals surface area contributed by atoms with Crippen LogP contribution in [-0.2, 0) is 14.3 Å². The van der Waals surface area contributed by atoms with Gasteiger partial charge in [-0.05, 0) is 18.9 Å². The molecule has 1 aliphatic heterocycles. The molecule has 1 heterocycles. The molecule has 1 N–H and O–H groups in total. The van der Waals surface area contributed by atoms with E-state index in [9.17, 15) is 19.7 Å². The van der Waals surface area contributed by atoms with E-state index in [1.54, 1.807) is 0 Å². The summed E-state index contributed by atoms with van der Waals surface area (Å²) < 4.78 is 10.2. The number of nitro groups is 1. The number of hydrogen-bond acceptors (Lipinski definition) is 6. The molecule has 2 rings (SSSR count). The number of esters is 1. The number of carbonyl (C=O) groups excluding carboxylic acids is 2. The normalized spacial score (nSPS) is 16.8. The number of benzene rings is 1. The van der Waals surface area contributed by atoms with Crippen LogP contribution < -0.4 is 5.32 Å². The minimum Gasteiger partial charge on any atom is -0.452 e. The first kappa shape index (κ1) is 17.2. The number of nitro benzene ring substituents is 1. The SMILES string of the molecule is O=C(COC(=O)c1ccc([N+](=O)[O-])cc1Cl)NC[C@H]1CCCO1. The number of halogens is 1. The van der Waals surface area contributed by atoms with Gasteiger partial charge in [0.15, 0.2) is 6.61 Å². The molecular formula is C14H15ClN2O6. The number of rotatable bonds is 6. The molecule has 1 aromatic rings. The molecule has 8 nitrogen and oxygen atoms in total. The monoisotopic (exact) mass is 342 g/mol. The fraction of sp³-hybridized carbons (Fsp3) is 0.429. The molecule has 1 aromatic carbocycles. The first-order valence-corrected chi connectivity index (χ1v) is 7.34. The van der Waals surface area contributed by atoms with Gasteiger partial charge in [-0.15, -0.1) is 0 Å². The zero-order chi connectivity index (χ0) is 16.8. The molecule has 23 heavy (non-hydrogen) atoms. The number of amides is 1. The van der Waals surface area contributed by atoms with Gasteiger partial charge < -0.3 is 14.8 Å². The van der Waals surface area contributed by atoms with E-state index < -0.39 is 23.4 Å². The van der Waals surface area contributed by atoms with Crippen LogP contribution in [0.15, 0.2) is 18.2 Å². The lowest BCUT2D eigenvalue weighted by molar-refractivity contribution is -0.384. The summed E-state index contributed by atoms with van der Waals surface area (Å²) in [6.07, 6.45) is 1.85. The van der Waals surface area contributed by atoms with Crippen molar-refractivity contribution in [3.8, 4) is 0 Å². The van der Waals surface area contributed by atoms with Crippen LogP contribution in [0.25, 0.3) is 0 Å². The summed E-state index contributed by atoms with van der Waals surface area (Å²) >= 11 is 5.81. The fourth-order valence-electron chi connectivity index (χ4n) is 2.08. The molecule has 0 aliphatic carbocycles. The van der Waals surface area contributed by atoms with Crippen LogP contribution >= 0.6 is 11.6 Å². The van der Waals surface area contributed by atoms with Gasteiger partial charge in [0.25, 0.3) is 11.6 Å². The molecular weight excluding hydrogens is 328 g/mol. The van der Waals surface area contributed by atoms with Crippen LogP contribution in [0.1, 0.15) is 23.2 Å². The Kier molecular flexibility index (Phi) is 5.89. The molecule has 0 bridgehead atoms. The third-order valence-electron chi connectivity index (χ3n) is 3.27. The molecule has 0 radical (unpaired) electrons. The Labute approximate surface area is 136 Å².